The Balaban J connectivity index is 1.54. The van der Waals surface area contributed by atoms with Crippen LogP contribution in [0.2, 0.25) is 5.02 Å². The van der Waals surface area contributed by atoms with Gasteiger partial charge >= 0.3 is 0 Å². The number of aromatic nitrogens is 1. The van der Waals surface area contributed by atoms with E-state index in [0.29, 0.717) is 29.4 Å². The van der Waals surface area contributed by atoms with Gasteiger partial charge in [-0.3, -0.25) is 0 Å². The second kappa shape index (κ2) is 9.64. The minimum atomic E-state index is -3.22. The first kappa shape index (κ1) is 23.4. The molecule has 1 saturated carbocycles. The highest BCUT2D eigenvalue weighted by Gasteiger charge is 2.28. The van der Waals surface area contributed by atoms with Crippen molar-refractivity contribution >= 4 is 32.5 Å². The fourth-order valence-corrected chi connectivity index (χ4v) is 5.31. The molecule has 1 fully saturated rings. The molecule has 33 heavy (non-hydrogen) atoms. The number of hydrogen-bond donors (Lipinski definition) is 1. The monoisotopic (exact) mass is 487 g/mol. The Morgan fingerprint density at radius 2 is 2.06 bits per heavy atom. The summed E-state index contributed by atoms with van der Waals surface area (Å²) in [5.41, 5.74) is 2.12. The van der Waals surface area contributed by atoms with E-state index in [1.54, 1.807) is 12.1 Å². The van der Waals surface area contributed by atoms with Crippen LogP contribution in [-0.4, -0.2) is 38.0 Å². The summed E-state index contributed by atoms with van der Waals surface area (Å²) in [5.74, 6) is 1.15. The number of ether oxygens (including phenoxy) is 2. The van der Waals surface area contributed by atoms with Crippen LogP contribution < -0.4 is 14.2 Å². The number of nitriles is 1. The number of hydrogen-bond acceptors (Lipinski definition) is 5. The topological polar surface area (TPSA) is 93.3 Å². The molecule has 4 rings (SSSR count). The van der Waals surface area contributed by atoms with Gasteiger partial charge in [-0.05, 0) is 55.7 Å². The third-order valence-corrected chi connectivity index (χ3v) is 6.65. The van der Waals surface area contributed by atoms with Crippen molar-refractivity contribution in [1.29, 1.82) is 5.26 Å². The van der Waals surface area contributed by atoms with Crippen LogP contribution >= 0.6 is 11.6 Å². The van der Waals surface area contributed by atoms with Crippen LogP contribution in [0.25, 0.3) is 16.6 Å². The van der Waals surface area contributed by atoms with Crippen LogP contribution in [-0.2, 0) is 10.0 Å². The lowest BCUT2D eigenvalue weighted by molar-refractivity contribution is 0.208. The summed E-state index contributed by atoms with van der Waals surface area (Å²) in [6, 6.07) is 13.5. The molecule has 0 spiro atoms. The van der Waals surface area contributed by atoms with Crippen LogP contribution in [0, 0.1) is 11.3 Å². The summed E-state index contributed by atoms with van der Waals surface area (Å²) in [7, 11) is -3.22. The molecule has 0 unspecified atom stereocenters. The van der Waals surface area contributed by atoms with Gasteiger partial charge in [-0.2, -0.15) is 5.26 Å². The normalized spacial score (nSPS) is 18.4. The Morgan fingerprint density at radius 1 is 1.24 bits per heavy atom. The Kier molecular flexibility index (Phi) is 6.84. The predicted octanol–water partition coefficient (Wildman–Crippen LogP) is 4.79. The molecule has 2 aromatic carbocycles. The average Bonchev–Trinajstić information content (AvgIpc) is 3.37. The van der Waals surface area contributed by atoms with Crippen molar-refractivity contribution in [2.24, 2.45) is 0 Å². The zero-order valence-corrected chi connectivity index (χ0v) is 20.1. The summed E-state index contributed by atoms with van der Waals surface area (Å²) >= 11 is 6.44. The molecule has 0 bridgehead atoms. The van der Waals surface area contributed by atoms with Gasteiger partial charge in [0, 0.05) is 29.7 Å². The van der Waals surface area contributed by atoms with Crippen LogP contribution in [0.15, 0.2) is 42.6 Å². The predicted molar refractivity (Wildman–Crippen MR) is 129 cm³/mol. The van der Waals surface area contributed by atoms with Gasteiger partial charge in [0.2, 0.25) is 10.0 Å². The minimum Gasteiger partial charge on any atom is -0.491 e. The molecular weight excluding hydrogens is 462 g/mol. The SMILES string of the molecule is CCCOc1c(Cl)cc(-n2ccc3cc(O[C@H]4CC[C@@H](NS(C)(=O)=O)C4)ccc32)cc1C#N. The fraction of sp³-hybridized carbons (Fsp3) is 0.375. The Labute approximate surface area is 198 Å². The first-order valence-corrected chi connectivity index (χ1v) is 13.2. The van der Waals surface area contributed by atoms with Crippen molar-refractivity contribution in [3.05, 3.63) is 53.2 Å². The highest BCUT2D eigenvalue weighted by Crippen LogP contribution is 2.34. The van der Waals surface area contributed by atoms with Crippen LogP contribution in [0.1, 0.15) is 38.2 Å². The van der Waals surface area contributed by atoms with Crippen molar-refractivity contribution in [3.8, 4) is 23.3 Å². The summed E-state index contributed by atoms with van der Waals surface area (Å²) in [6.45, 7) is 2.49. The van der Waals surface area contributed by atoms with Gasteiger partial charge in [-0.15, -0.1) is 0 Å². The zero-order valence-electron chi connectivity index (χ0n) is 18.5. The standard InChI is InChI=1S/C24H26ClN3O4S/c1-3-10-31-24-17(15-26)11-19(14-22(24)25)28-9-8-16-12-20(6-7-23(16)28)32-21-5-4-18(13-21)27-33(2,29)30/h6-9,11-12,14,18,21,27H,3-5,10,13H2,1-2H3/t18-,21+/m1/s1. The molecule has 3 aromatic rings. The van der Waals surface area contributed by atoms with Gasteiger partial charge < -0.3 is 14.0 Å². The number of nitrogens with zero attached hydrogens (tertiary/aromatic N) is 2. The minimum absolute atomic E-state index is 0.0311. The molecule has 7 nitrogen and oxygen atoms in total. The van der Waals surface area contributed by atoms with Crippen LogP contribution in [0.5, 0.6) is 11.5 Å². The smallest absolute Gasteiger partial charge is 0.208 e. The average molecular weight is 488 g/mol. The lowest BCUT2D eigenvalue weighted by atomic mass is 10.2. The van der Waals surface area contributed by atoms with E-state index in [1.165, 1.54) is 6.26 Å². The maximum Gasteiger partial charge on any atom is 0.208 e. The molecule has 1 heterocycles. The third-order valence-electron chi connectivity index (χ3n) is 5.61. The lowest BCUT2D eigenvalue weighted by Crippen LogP contribution is -2.32. The molecule has 1 aliphatic carbocycles. The quantitative estimate of drug-likeness (QED) is 0.493. The van der Waals surface area contributed by atoms with Gasteiger partial charge in [-0.1, -0.05) is 18.5 Å². The number of benzene rings is 2. The number of halogens is 1. The summed E-state index contributed by atoms with van der Waals surface area (Å²) in [5, 5.41) is 11.0. The van der Waals surface area contributed by atoms with Gasteiger partial charge in [0.05, 0.1) is 29.0 Å². The van der Waals surface area contributed by atoms with Gasteiger partial charge in [0.1, 0.15) is 17.9 Å². The largest absolute Gasteiger partial charge is 0.491 e. The van der Waals surface area contributed by atoms with Crippen molar-refractivity contribution in [2.45, 2.75) is 44.8 Å². The Bertz CT molecular complexity index is 1310. The summed E-state index contributed by atoms with van der Waals surface area (Å²) in [6.07, 6.45) is 6.11. The highest BCUT2D eigenvalue weighted by atomic mass is 35.5. The first-order chi connectivity index (χ1) is 15.8. The molecule has 0 saturated heterocycles. The second-order valence-corrected chi connectivity index (χ2v) is 10.5. The number of sulfonamides is 1. The molecular formula is C24H26ClN3O4S. The van der Waals surface area contributed by atoms with E-state index >= 15 is 0 Å². The van der Waals surface area contributed by atoms with E-state index in [0.717, 1.165) is 41.6 Å². The molecule has 9 heteroatoms. The van der Waals surface area contributed by atoms with E-state index < -0.39 is 10.0 Å². The van der Waals surface area contributed by atoms with Crippen LogP contribution in [0.4, 0.5) is 0 Å². The second-order valence-electron chi connectivity index (χ2n) is 8.31. The number of fused-ring (bicyclic) bond motifs is 1. The van der Waals surface area contributed by atoms with E-state index in [4.69, 9.17) is 21.1 Å². The molecule has 2 atom stereocenters. The maximum absolute atomic E-state index is 11.5. The third kappa shape index (κ3) is 5.44. The summed E-state index contributed by atoms with van der Waals surface area (Å²) < 4.78 is 39.3. The van der Waals surface area contributed by atoms with Crippen LogP contribution in [0.3, 0.4) is 0 Å². The molecule has 174 valence electrons. The number of nitrogens with one attached hydrogen (secondary N) is 1. The van der Waals surface area contributed by atoms with Crippen molar-refractivity contribution in [3.63, 3.8) is 0 Å². The Hall–Kier alpha value is -2.73. The van der Waals surface area contributed by atoms with Gasteiger partial charge in [0.25, 0.3) is 0 Å². The van der Waals surface area contributed by atoms with E-state index in [1.807, 2.05) is 42.0 Å². The molecule has 0 amide bonds. The van der Waals surface area contributed by atoms with Crippen molar-refractivity contribution in [2.75, 3.05) is 12.9 Å². The Morgan fingerprint density at radius 3 is 2.79 bits per heavy atom. The molecule has 1 aliphatic rings. The molecule has 0 aliphatic heterocycles. The fourth-order valence-electron chi connectivity index (χ4n) is 4.22. The van der Waals surface area contributed by atoms with E-state index in [9.17, 15) is 13.7 Å². The summed E-state index contributed by atoms with van der Waals surface area (Å²) in [4.78, 5) is 0. The lowest BCUT2D eigenvalue weighted by Gasteiger charge is -2.15. The first-order valence-electron chi connectivity index (χ1n) is 10.9. The van der Waals surface area contributed by atoms with Crippen molar-refractivity contribution < 1.29 is 17.9 Å². The number of rotatable bonds is 8. The van der Waals surface area contributed by atoms with E-state index in [-0.39, 0.29) is 12.1 Å². The molecule has 0 radical (unpaired) electrons. The van der Waals surface area contributed by atoms with E-state index in [2.05, 4.69) is 10.8 Å². The van der Waals surface area contributed by atoms with Gasteiger partial charge in [-0.25, -0.2) is 13.1 Å². The molecule has 1 aromatic heterocycles. The molecule has 1 N–H and O–H groups in total. The maximum atomic E-state index is 11.5. The van der Waals surface area contributed by atoms with Crippen molar-refractivity contribution in [1.82, 2.24) is 9.29 Å². The zero-order chi connectivity index (χ0) is 23.6. The highest BCUT2D eigenvalue weighted by molar-refractivity contribution is 7.88. The van der Waals surface area contributed by atoms with Gasteiger partial charge in [0.15, 0.2) is 5.75 Å².